The zero-order valence-corrected chi connectivity index (χ0v) is 13.6. The number of benzene rings is 2. The minimum atomic E-state index is -0.338. The van der Waals surface area contributed by atoms with Crippen molar-refractivity contribution >= 4 is 52.3 Å². The van der Waals surface area contributed by atoms with Gasteiger partial charge in [-0.05, 0) is 59.8 Å². The molecule has 3 nitrogen and oxygen atoms in total. The normalized spacial score (nSPS) is 16.1. The largest absolute Gasteiger partial charge is 0.290 e. The average Bonchev–Trinajstić information content (AvgIpc) is 2.81. The molecule has 0 unspecified atom stereocenters. The van der Waals surface area contributed by atoms with Crippen LogP contribution in [0.4, 0.5) is 4.79 Å². The van der Waals surface area contributed by atoms with E-state index in [0.29, 0.717) is 9.93 Å². The van der Waals surface area contributed by atoms with Gasteiger partial charge in [0.05, 0.1) is 4.91 Å². The molecule has 3 rings (SSSR count). The Labute approximate surface area is 141 Å². The highest BCUT2D eigenvalue weighted by Gasteiger charge is 2.24. The van der Waals surface area contributed by atoms with Gasteiger partial charge in [0.15, 0.2) is 0 Å². The van der Waals surface area contributed by atoms with Crippen LogP contribution in [0.5, 0.6) is 0 Å². The molecule has 0 aromatic heterocycles. The number of hydrogen-bond donors (Lipinski definition) is 1. The number of carbonyl (C=O) groups excluding carboxylic acids is 2. The zero-order chi connectivity index (χ0) is 15.5. The molecule has 0 aliphatic carbocycles. The Morgan fingerprint density at radius 2 is 1.55 bits per heavy atom. The Bertz CT molecular complexity index is 755. The van der Waals surface area contributed by atoms with E-state index in [0.717, 1.165) is 27.1 Å². The summed E-state index contributed by atoms with van der Waals surface area (Å²) in [5, 5.41) is 2.63. The molecule has 22 heavy (non-hydrogen) atoms. The first-order valence-corrected chi connectivity index (χ1v) is 8.39. The van der Waals surface area contributed by atoms with E-state index in [9.17, 15) is 9.59 Å². The molecular formula is C16H10ClNO2S2. The first-order chi connectivity index (χ1) is 10.6. The summed E-state index contributed by atoms with van der Waals surface area (Å²) in [5.41, 5.74) is 0.882. The molecule has 2 aromatic carbocycles. The van der Waals surface area contributed by atoms with Crippen molar-refractivity contribution in [3.05, 3.63) is 64.0 Å². The van der Waals surface area contributed by atoms with Crippen molar-refractivity contribution in [1.82, 2.24) is 5.32 Å². The summed E-state index contributed by atoms with van der Waals surface area (Å²) in [6.07, 6.45) is 1.71. The van der Waals surface area contributed by atoms with Crippen LogP contribution >= 0.6 is 35.1 Å². The van der Waals surface area contributed by atoms with Crippen LogP contribution in [0.2, 0.25) is 5.02 Å². The lowest BCUT2D eigenvalue weighted by Gasteiger charge is -2.02. The highest BCUT2D eigenvalue weighted by molar-refractivity contribution is 8.18. The second-order valence-corrected chi connectivity index (χ2v) is 7.08. The van der Waals surface area contributed by atoms with E-state index in [2.05, 4.69) is 5.32 Å². The van der Waals surface area contributed by atoms with Gasteiger partial charge in [0.2, 0.25) is 0 Å². The fourth-order valence-electron chi connectivity index (χ4n) is 1.84. The summed E-state index contributed by atoms with van der Waals surface area (Å²) in [5.74, 6) is -0.338. The topological polar surface area (TPSA) is 46.2 Å². The van der Waals surface area contributed by atoms with Crippen LogP contribution in [0.1, 0.15) is 5.56 Å². The van der Waals surface area contributed by atoms with Crippen molar-refractivity contribution in [2.45, 2.75) is 9.79 Å². The van der Waals surface area contributed by atoms with Crippen LogP contribution in [0.25, 0.3) is 6.08 Å². The van der Waals surface area contributed by atoms with Gasteiger partial charge in [-0.1, -0.05) is 35.5 Å². The van der Waals surface area contributed by atoms with Gasteiger partial charge in [-0.25, -0.2) is 0 Å². The monoisotopic (exact) mass is 347 g/mol. The minimum absolute atomic E-state index is 0.328. The van der Waals surface area contributed by atoms with Crippen molar-refractivity contribution in [2.24, 2.45) is 0 Å². The van der Waals surface area contributed by atoms with Gasteiger partial charge in [-0.3, -0.25) is 14.9 Å². The zero-order valence-electron chi connectivity index (χ0n) is 11.2. The molecule has 0 radical (unpaired) electrons. The molecule has 1 aliphatic rings. The summed E-state index contributed by atoms with van der Waals surface area (Å²) in [6, 6.07) is 15.4. The van der Waals surface area contributed by atoms with E-state index in [1.807, 2.05) is 48.5 Å². The van der Waals surface area contributed by atoms with Gasteiger partial charge in [0.1, 0.15) is 0 Å². The van der Waals surface area contributed by atoms with Gasteiger partial charge < -0.3 is 0 Å². The Morgan fingerprint density at radius 1 is 0.955 bits per heavy atom. The maximum absolute atomic E-state index is 11.5. The summed E-state index contributed by atoms with van der Waals surface area (Å²) in [4.78, 5) is 25.2. The predicted octanol–water partition coefficient (Wildman–Crippen LogP) is 4.82. The van der Waals surface area contributed by atoms with Crippen LogP contribution in [0.3, 0.4) is 0 Å². The third-order valence-corrected chi connectivity index (χ3v) is 4.95. The molecule has 1 saturated heterocycles. The molecular weight excluding hydrogens is 338 g/mol. The number of hydrogen-bond acceptors (Lipinski definition) is 4. The van der Waals surface area contributed by atoms with Crippen molar-refractivity contribution < 1.29 is 9.59 Å². The molecule has 1 heterocycles. The lowest BCUT2D eigenvalue weighted by Crippen LogP contribution is -2.17. The van der Waals surface area contributed by atoms with Gasteiger partial charge in [-0.2, -0.15) is 0 Å². The number of rotatable bonds is 3. The summed E-state index contributed by atoms with van der Waals surface area (Å²) in [6.45, 7) is 0. The van der Waals surface area contributed by atoms with E-state index in [4.69, 9.17) is 11.6 Å². The molecule has 110 valence electrons. The Morgan fingerprint density at radius 3 is 2.09 bits per heavy atom. The standard InChI is InChI=1S/C16H10ClNO2S2/c17-11-3-7-13(8-4-11)21-12-5-1-10(2-6-12)9-14-15(19)18-16(20)22-14/h1-9H,(H,18,19,20)/b14-9+. The maximum Gasteiger partial charge on any atom is 0.290 e. The van der Waals surface area contributed by atoms with Crippen molar-refractivity contribution in [3.63, 3.8) is 0 Å². The second kappa shape index (κ2) is 6.60. The van der Waals surface area contributed by atoms with E-state index < -0.39 is 0 Å². The van der Waals surface area contributed by atoms with Gasteiger partial charge in [0, 0.05) is 14.8 Å². The number of imide groups is 1. The molecule has 1 fully saturated rings. The SMILES string of the molecule is O=C1NC(=O)/C(=C\c2ccc(Sc3ccc(Cl)cc3)cc2)S1. The quantitative estimate of drug-likeness (QED) is 0.809. The van der Waals surface area contributed by atoms with Crippen LogP contribution in [0.15, 0.2) is 63.2 Å². The van der Waals surface area contributed by atoms with Crippen molar-refractivity contribution in [3.8, 4) is 0 Å². The van der Waals surface area contributed by atoms with Crippen LogP contribution in [-0.4, -0.2) is 11.1 Å². The fourth-order valence-corrected chi connectivity index (χ4v) is 3.47. The van der Waals surface area contributed by atoms with Gasteiger partial charge in [-0.15, -0.1) is 0 Å². The molecule has 1 aliphatic heterocycles. The minimum Gasteiger partial charge on any atom is -0.282 e. The van der Waals surface area contributed by atoms with E-state index >= 15 is 0 Å². The number of carbonyl (C=O) groups is 2. The van der Waals surface area contributed by atoms with Crippen LogP contribution in [0, 0.1) is 0 Å². The third-order valence-electron chi connectivity index (χ3n) is 2.87. The number of halogens is 1. The summed E-state index contributed by atoms with van der Waals surface area (Å²) < 4.78 is 0. The third kappa shape index (κ3) is 3.74. The second-order valence-electron chi connectivity index (χ2n) is 4.48. The summed E-state index contributed by atoms with van der Waals surface area (Å²) in [7, 11) is 0. The number of amides is 2. The first kappa shape index (κ1) is 15.2. The van der Waals surface area contributed by atoms with E-state index in [1.165, 1.54) is 0 Å². The molecule has 1 N–H and O–H groups in total. The van der Waals surface area contributed by atoms with Crippen molar-refractivity contribution in [1.29, 1.82) is 0 Å². The average molecular weight is 348 g/mol. The Hall–Kier alpha value is -1.69. The molecule has 6 heteroatoms. The predicted molar refractivity (Wildman–Crippen MR) is 91.1 cm³/mol. The highest BCUT2D eigenvalue weighted by Crippen LogP contribution is 2.30. The molecule has 0 bridgehead atoms. The lowest BCUT2D eigenvalue weighted by atomic mass is 10.2. The molecule has 2 amide bonds. The van der Waals surface area contributed by atoms with Gasteiger partial charge >= 0.3 is 0 Å². The maximum atomic E-state index is 11.5. The van der Waals surface area contributed by atoms with E-state index in [-0.39, 0.29) is 11.1 Å². The summed E-state index contributed by atoms with van der Waals surface area (Å²) >= 11 is 8.42. The lowest BCUT2D eigenvalue weighted by molar-refractivity contribution is -0.115. The van der Waals surface area contributed by atoms with Gasteiger partial charge in [0.25, 0.3) is 11.1 Å². The first-order valence-electron chi connectivity index (χ1n) is 6.38. The smallest absolute Gasteiger partial charge is 0.282 e. The molecule has 0 saturated carbocycles. The molecule has 2 aromatic rings. The highest BCUT2D eigenvalue weighted by atomic mass is 35.5. The Balaban J connectivity index is 1.73. The Kier molecular flexibility index (Phi) is 4.57. The van der Waals surface area contributed by atoms with E-state index in [1.54, 1.807) is 17.8 Å². The van der Waals surface area contributed by atoms with Crippen LogP contribution in [-0.2, 0) is 4.79 Å². The molecule has 0 atom stereocenters. The van der Waals surface area contributed by atoms with Crippen molar-refractivity contribution in [2.75, 3.05) is 0 Å². The number of nitrogens with one attached hydrogen (secondary N) is 1. The van der Waals surface area contributed by atoms with Crippen LogP contribution < -0.4 is 5.32 Å². The molecule has 0 spiro atoms. The fraction of sp³-hybridized carbons (Fsp3) is 0. The number of thioether (sulfide) groups is 1.